The molecule has 36 heavy (non-hydrogen) atoms. The van der Waals surface area contributed by atoms with E-state index in [-0.39, 0.29) is 6.03 Å². The molecule has 1 unspecified atom stereocenters. The zero-order valence-corrected chi connectivity index (χ0v) is 20.9. The minimum atomic E-state index is -0.0527. The average molecular weight is 485 g/mol. The summed E-state index contributed by atoms with van der Waals surface area (Å²) in [5.74, 6) is 0. The first-order chi connectivity index (χ1) is 17.7. The minimum Gasteiger partial charge on any atom is -0.379 e. The molecule has 1 atom stereocenters. The van der Waals surface area contributed by atoms with Gasteiger partial charge in [-0.05, 0) is 53.8 Å². The molecule has 0 aromatic heterocycles. The van der Waals surface area contributed by atoms with Crippen LogP contribution < -0.4 is 10.6 Å². The van der Waals surface area contributed by atoms with Gasteiger partial charge >= 0.3 is 6.03 Å². The number of urea groups is 1. The highest BCUT2D eigenvalue weighted by molar-refractivity contribution is 5.89. The van der Waals surface area contributed by atoms with Gasteiger partial charge in [-0.2, -0.15) is 0 Å². The van der Waals surface area contributed by atoms with Gasteiger partial charge in [-0.25, -0.2) is 4.79 Å². The molecule has 6 nitrogen and oxygen atoms in total. The maximum Gasteiger partial charge on any atom is 0.322 e. The summed E-state index contributed by atoms with van der Waals surface area (Å²) in [5, 5.41) is 6.84. The molecule has 2 aliphatic rings. The maximum absolute atomic E-state index is 12.7. The van der Waals surface area contributed by atoms with Crippen LogP contribution in [0.3, 0.4) is 0 Å². The number of nitrogens with one attached hydrogen (secondary N) is 2. The molecule has 6 heteroatoms. The number of anilines is 1. The predicted molar refractivity (Wildman–Crippen MR) is 144 cm³/mol. The third kappa shape index (κ3) is 6.72. The van der Waals surface area contributed by atoms with Gasteiger partial charge in [0, 0.05) is 44.5 Å². The predicted octanol–water partition coefficient (Wildman–Crippen LogP) is 4.66. The lowest BCUT2D eigenvalue weighted by molar-refractivity contribution is 0.0361. The lowest BCUT2D eigenvalue weighted by atomic mass is 10.0. The Labute approximate surface area is 214 Å². The van der Waals surface area contributed by atoms with Gasteiger partial charge in [0.2, 0.25) is 0 Å². The number of benzene rings is 3. The van der Waals surface area contributed by atoms with E-state index in [1.807, 2.05) is 29.2 Å². The monoisotopic (exact) mass is 484 g/mol. The molecule has 0 saturated carbocycles. The van der Waals surface area contributed by atoms with E-state index in [9.17, 15) is 4.79 Å². The quantitative estimate of drug-likeness (QED) is 0.464. The van der Waals surface area contributed by atoms with Crippen molar-refractivity contribution < 1.29 is 9.53 Å². The van der Waals surface area contributed by atoms with E-state index in [0.717, 1.165) is 57.9 Å². The molecule has 188 valence electrons. The Morgan fingerprint density at radius 3 is 2.19 bits per heavy atom. The van der Waals surface area contributed by atoms with Crippen LogP contribution in [0.1, 0.15) is 28.7 Å². The van der Waals surface area contributed by atoms with Crippen LogP contribution in [-0.2, 0) is 30.8 Å². The van der Waals surface area contributed by atoms with Crippen LogP contribution in [0.25, 0.3) is 0 Å². The minimum absolute atomic E-state index is 0.0527. The number of carbonyl (C=O) groups is 1. The molecule has 1 saturated heterocycles. The van der Waals surface area contributed by atoms with Gasteiger partial charge in [0.05, 0.1) is 13.2 Å². The van der Waals surface area contributed by atoms with Gasteiger partial charge in [0.15, 0.2) is 0 Å². The highest BCUT2D eigenvalue weighted by Crippen LogP contribution is 2.23. The Hall–Kier alpha value is -3.19. The van der Waals surface area contributed by atoms with E-state index < -0.39 is 0 Å². The van der Waals surface area contributed by atoms with Crippen LogP contribution in [0, 0.1) is 0 Å². The molecule has 0 radical (unpaired) electrons. The fourth-order valence-electron chi connectivity index (χ4n) is 4.99. The Morgan fingerprint density at radius 1 is 0.833 bits per heavy atom. The molecular weight excluding hydrogens is 448 g/mol. The number of amides is 2. The van der Waals surface area contributed by atoms with E-state index >= 15 is 0 Å². The van der Waals surface area contributed by atoms with Crippen LogP contribution in [0.4, 0.5) is 10.5 Å². The van der Waals surface area contributed by atoms with Gasteiger partial charge in [-0.15, -0.1) is 0 Å². The summed E-state index contributed by atoms with van der Waals surface area (Å²) in [6, 6.07) is 27.5. The normalized spacial score (nSPS) is 16.5. The van der Waals surface area contributed by atoms with Gasteiger partial charge in [0.1, 0.15) is 0 Å². The van der Waals surface area contributed by atoms with Gasteiger partial charge < -0.3 is 20.3 Å². The molecule has 5 rings (SSSR count). The molecule has 3 aromatic carbocycles. The highest BCUT2D eigenvalue weighted by atomic mass is 16.5. The summed E-state index contributed by atoms with van der Waals surface area (Å²) in [7, 11) is 0. The molecule has 0 aliphatic carbocycles. The smallest absolute Gasteiger partial charge is 0.322 e. The van der Waals surface area contributed by atoms with E-state index in [1.54, 1.807) is 0 Å². The average Bonchev–Trinajstić information content (AvgIpc) is 3.37. The van der Waals surface area contributed by atoms with Crippen LogP contribution in [-0.4, -0.2) is 54.7 Å². The number of rotatable bonds is 9. The first-order valence-corrected chi connectivity index (χ1v) is 13.0. The Bertz CT molecular complexity index is 1090. The third-order valence-electron chi connectivity index (χ3n) is 7.15. The third-order valence-corrected chi connectivity index (χ3v) is 7.15. The number of nitrogens with zero attached hydrogens (tertiary/aromatic N) is 2. The van der Waals surface area contributed by atoms with E-state index in [4.69, 9.17) is 4.74 Å². The van der Waals surface area contributed by atoms with Crippen molar-refractivity contribution in [1.82, 2.24) is 15.1 Å². The largest absolute Gasteiger partial charge is 0.379 e. The van der Waals surface area contributed by atoms with Crippen molar-refractivity contribution in [1.29, 1.82) is 0 Å². The summed E-state index contributed by atoms with van der Waals surface area (Å²) < 4.78 is 5.50. The van der Waals surface area contributed by atoms with Crippen molar-refractivity contribution in [2.45, 2.75) is 38.5 Å². The number of carbonyl (C=O) groups excluding carboxylic acids is 1. The Morgan fingerprint density at radius 2 is 1.50 bits per heavy atom. The molecule has 0 spiro atoms. The molecule has 2 amide bonds. The number of fused-ring (bicyclic) bond motifs is 1. The zero-order valence-electron chi connectivity index (χ0n) is 20.9. The summed E-state index contributed by atoms with van der Waals surface area (Å²) in [6.45, 7) is 6.93. The number of morpholine rings is 1. The molecule has 0 bridgehead atoms. The summed E-state index contributed by atoms with van der Waals surface area (Å²) >= 11 is 0. The van der Waals surface area contributed by atoms with Gasteiger partial charge in [-0.3, -0.25) is 4.90 Å². The van der Waals surface area contributed by atoms with E-state index in [0.29, 0.717) is 19.1 Å². The van der Waals surface area contributed by atoms with Crippen LogP contribution in [0.15, 0.2) is 78.9 Å². The molecule has 2 N–H and O–H groups in total. The first kappa shape index (κ1) is 24.5. The lowest BCUT2D eigenvalue weighted by Gasteiger charge is -2.29. The fraction of sp³-hybridized carbons (Fsp3) is 0.367. The zero-order chi connectivity index (χ0) is 24.6. The number of hydrogen-bond donors (Lipinski definition) is 2. The molecule has 3 aromatic rings. The number of ether oxygens (including phenoxy) is 1. The molecular formula is C30H36N4O2. The second-order valence-electron chi connectivity index (χ2n) is 9.76. The van der Waals surface area contributed by atoms with Crippen molar-refractivity contribution in [3.05, 3.63) is 101 Å². The van der Waals surface area contributed by atoms with Crippen molar-refractivity contribution >= 4 is 11.7 Å². The van der Waals surface area contributed by atoms with Crippen molar-refractivity contribution in [3.8, 4) is 0 Å². The lowest BCUT2D eigenvalue weighted by Crippen LogP contribution is -2.40. The second-order valence-corrected chi connectivity index (χ2v) is 9.76. The van der Waals surface area contributed by atoms with Crippen LogP contribution >= 0.6 is 0 Å². The molecule has 2 heterocycles. The number of hydrogen-bond acceptors (Lipinski definition) is 4. The Kier molecular flexibility index (Phi) is 8.28. The van der Waals surface area contributed by atoms with Gasteiger partial charge in [0.25, 0.3) is 0 Å². The summed E-state index contributed by atoms with van der Waals surface area (Å²) in [6.07, 6.45) is 2.11. The Balaban J connectivity index is 1.13. The van der Waals surface area contributed by atoms with Crippen molar-refractivity contribution in [3.63, 3.8) is 0 Å². The summed E-state index contributed by atoms with van der Waals surface area (Å²) in [4.78, 5) is 17.1. The van der Waals surface area contributed by atoms with Crippen LogP contribution in [0.2, 0.25) is 0 Å². The molecule has 1 fully saturated rings. The standard InChI is InChI=1S/C30H36N4O2/c35-30(34-22-26-8-4-5-9-27(26)23-34)32-28-12-10-25(11-13-28)21-31-29(20-24-6-2-1-3-7-24)14-15-33-16-18-36-19-17-33/h1-13,29,31H,14-23H2,(H,32,35). The first-order valence-electron chi connectivity index (χ1n) is 13.0. The fourth-order valence-corrected chi connectivity index (χ4v) is 4.99. The van der Waals surface area contributed by atoms with Crippen LogP contribution in [0.5, 0.6) is 0 Å². The van der Waals surface area contributed by atoms with E-state index in [1.165, 1.54) is 22.3 Å². The van der Waals surface area contributed by atoms with Gasteiger partial charge in [-0.1, -0.05) is 66.7 Å². The van der Waals surface area contributed by atoms with Crippen molar-refractivity contribution in [2.24, 2.45) is 0 Å². The second kappa shape index (κ2) is 12.2. The molecule has 2 aliphatic heterocycles. The topological polar surface area (TPSA) is 56.8 Å². The highest BCUT2D eigenvalue weighted by Gasteiger charge is 2.22. The summed E-state index contributed by atoms with van der Waals surface area (Å²) in [5.41, 5.74) is 5.86. The van der Waals surface area contributed by atoms with E-state index in [2.05, 4.69) is 70.1 Å². The maximum atomic E-state index is 12.7. The SMILES string of the molecule is O=C(Nc1ccc(CNC(CCN2CCOCC2)Cc2ccccc2)cc1)N1Cc2ccccc2C1. The van der Waals surface area contributed by atoms with Crippen molar-refractivity contribution in [2.75, 3.05) is 38.2 Å².